The van der Waals surface area contributed by atoms with Gasteiger partial charge in [0.15, 0.2) is 5.96 Å². The van der Waals surface area contributed by atoms with E-state index in [0.29, 0.717) is 31.9 Å². The van der Waals surface area contributed by atoms with E-state index in [-0.39, 0.29) is 11.9 Å². The molecule has 3 N–H and O–H groups in total. The van der Waals surface area contributed by atoms with Crippen molar-refractivity contribution in [1.82, 2.24) is 20.9 Å². The molecule has 0 bridgehead atoms. The SMILES string of the molecule is CCC1(C)NC(=O)N(CCCNC(=NC)NCCc2ccc(Cl)cc2)C1=O. The summed E-state index contributed by atoms with van der Waals surface area (Å²) in [5.74, 6) is 0.542. The lowest BCUT2D eigenvalue weighted by molar-refractivity contribution is -0.130. The predicted octanol–water partition coefficient (Wildman–Crippen LogP) is 2.16. The quantitative estimate of drug-likeness (QED) is 0.273. The standard InChI is InChI=1S/C19H28ClN5O2/c1-4-19(2)16(26)25(18(27)24-19)13-5-11-22-17(21-3)23-12-10-14-6-8-15(20)9-7-14/h6-9H,4-5,10-13H2,1-3H3,(H,24,27)(H2,21,22,23). The summed E-state index contributed by atoms with van der Waals surface area (Å²) in [6.45, 7) is 5.39. The number of hydrogen-bond acceptors (Lipinski definition) is 3. The Kier molecular flexibility index (Phi) is 7.47. The molecule has 2 rings (SSSR count). The molecule has 1 atom stereocenters. The minimum atomic E-state index is -0.774. The summed E-state index contributed by atoms with van der Waals surface area (Å²) < 4.78 is 0. The molecule has 1 aliphatic heterocycles. The van der Waals surface area contributed by atoms with Gasteiger partial charge in [-0.25, -0.2) is 4.79 Å². The number of carbonyl (C=O) groups excluding carboxylic acids is 2. The smallest absolute Gasteiger partial charge is 0.325 e. The summed E-state index contributed by atoms with van der Waals surface area (Å²) in [5.41, 5.74) is 0.420. The van der Waals surface area contributed by atoms with Crippen LogP contribution in [-0.2, 0) is 11.2 Å². The van der Waals surface area contributed by atoms with Crippen molar-refractivity contribution in [3.8, 4) is 0 Å². The third-order valence-electron chi connectivity index (χ3n) is 4.75. The van der Waals surface area contributed by atoms with E-state index in [0.717, 1.165) is 18.0 Å². The zero-order chi connectivity index (χ0) is 19.9. The highest BCUT2D eigenvalue weighted by atomic mass is 35.5. The summed E-state index contributed by atoms with van der Waals surface area (Å²) in [7, 11) is 1.71. The molecule has 7 nitrogen and oxygen atoms in total. The van der Waals surface area contributed by atoms with Crippen LogP contribution in [0.15, 0.2) is 29.3 Å². The minimum Gasteiger partial charge on any atom is -0.356 e. The number of hydrogen-bond donors (Lipinski definition) is 3. The van der Waals surface area contributed by atoms with E-state index in [1.807, 2.05) is 31.2 Å². The first-order chi connectivity index (χ1) is 12.9. The first-order valence-electron chi connectivity index (χ1n) is 9.22. The average Bonchev–Trinajstić information content (AvgIpc) is 2.88. The van der Waals surface area contributed by atoms with Gasteiger partial charge in [0.25, 0.3) is 5.91 Å². The Bertz CT molecular complexity index is 692. The molecule has 0 radical (unpaired) electrons. The van der Waals surface area contributed by atoms with E-state index in [1.54, 1.807) is 14.0 Å². The molecular formula is C19H28ClN5O2. The number of nitrogens with one attached hydrogen (secondary N) is 3. The molecule has 1 unspecified atom stereocenters. The van der Waals surface area contributed by atoms with E-state index in [1.165, 1.54) is 10.5 Å². The molecule has 0 spiro atoms. The monoisotopic (exact) mass is 393 g/mol. The molecule has 3 amide bonds. The van der Waals surface area contributed by atoms with Crippen LogP contribution in [0.4, 0.5) is 4.79 Å². The van der Waals surface area contributed by atoms with Gasteiger partial charge in [0.1, 0.15) is 5.54 Å². The molecule has 0 saturated carbocycles. The van der Waals surface area contributed by atoms with E-state index in [9.17, 15) is 9.59 Å². The Morgan fingerprint density at radius 2 is 1.89 bits per heavy atom. The van der Waals surface area contributed by atoms with Crippen molar-refractivity contribution in [2.24, 2.45) is 4.99 Å². The number of urea groups is 1. The van der Waals surface area contributed by atoms with Crippen LogP contribution in [0.3, 0.4) is 0 Å². The van der Waals surface area contributed by atoms with Crippen molar-refractivity contribution in [2.45, 2.75) is 38.6 Å². The van der Waals surface area contributed by atoms with Gasteiger partial charge in [0.2, 0.25) is 0 Å². The lowest BCUT2D eigenvalue weighted by Gasteiger charge is -2.19. The van der Waals surface area contributed by atoms with E-state index in [4.69, 9.17) is 11.6 Å². The lowest BCUT2D eigenvalue weighted by atomic mass is 9.99. The van der Waals surface area contributed by atoms with Crippen LogP contribution in [0.5, 0.6) is 0 Å². The van der Waals surface area contributed by atoms with Gasteiger partial charge in [-0.2, -0.15) is 0 Å². The number of imide groups is 1. The Hall–Kier alpha value is -2.28. The second-order valence-corrected chi connectivity index (χ2v) is 7.16. The Labute approximate surface area is 165 Å². The van der Waals surface area contributed by atoms with Crippen molar-refractivity contribution >= 4 is 29.5 Å². The summed E-state index contributed by atoms with van der Waals surface area (Å²) in [6, 6.07) is 7.45. The van der Waals surface area contributed by atoms with Gasteiger partial charge in [-0.3, -0.25) is 14.7 Å². The number of aliphatic imine (C=N–C) groups is 1. The normalized spacial score (nSPS) is 20.0. The largest absolute Gasteiger partial charge is 0.356 e. The van der Waals surface area contributed by atoms with Crippen LogP contribution in [0.25, 0.3) is 0 Å². The maximum atomic E-state index is 12.3. The van der Waals surface area contributed by atoms with E-state index in [2.05, 4.69) is 20.9 Å². The molecule has 1 fully saturated rings. The van der Waals surface area contributed by atoms with Crippen molar-refractivity contribution in [2.75, 3.05) is 26.7 Å². The fraction of sp³-hybridized carbons (Fsp3) is 0.526. The maximum Gasteiger partial charge on any atom is 0.325 e. The third-order valence-corrected chi connectivity index (χ3v) is 5.00. The summed E-state index contributed by atoms with van der Waals surface area (Å²) in [6.07, 6.45) is 2.09. The number of carbonyl (C=O) groups is 2. The Balaban J connectivity index is 1.68. The Morgan fingerprint density at radius 1 is 1.22 bits per heavy atom. The fourth-order valence-corrected chi connectivity index (χ4v) is 2.96. The zero-order valence-electron chi connectivity index (χ0n) is 16.1. The van der Waals surface area contributed by atoms with Crippen LogP contribution in [0.1, 0.15) is 32.3 Å². The lowest BCUT2D eigenvalue weighted by Crippen LogP contribution is -2.43. The van der Waals surface area contributed by atoms with Crippen molar-refractivity contribution in [3.05, 3.63) is 34.9 Å². The fourth-order valence-electron chi connectivity index (χ4n) is 2.83. The number of rotatable bonds is 8. The van der Waals surface area contributed by atoms with Gasteiger partial charge in [0.05, 0.1) is 0 Å². The summed E-state index contributed by atoms with van der Waals surface area (Å²) in [5, 5.41) is 9.94. The van der Waals surface area contributed by atoms with Crippen LogP contribution >= 0.6 is 11.6 Å². The molecular weight excluding hydrogens is 366 g/mol. The molecule has 1 aromatic rings. The zero-order valence-corrected chi connectivity index (χ0v) is 16.9. The number of amides is 3. The second-order valence-electron chi connectivity index (χ2n) is 6.73. The highest BCUT2D eigenvalue weighted by molar-refractivity contribution is 6.30. The van der Waals surface area contributed by atoms with Gasteiger partial charge in [-0.1, -0.05) is 30.7 Å². The van der Waals surface area contributed by atoms with Crippen LogP contribution in [0.2, 0.25) is 5.02 Å². The molecule has 1 heterocycles. The van der Waals surface area contributed by atoms with Gasteiger partial charge >= 0.3 is 6.03 Å². The van der Waals surface area contributed by atoms with Crippen molar-refractivity contribution < 1.29 is 9.59 Å². The van der Waals surface area contributed by atoms with Crippen molar-refractivity contribution in [3.63, 3.8) is 0 Å². The van der Waals surface area contributed by atoms with E-state index < -0.39 is 5.54 Å². The summed E-state index contributed by atoms with van der Waals surface area (Å²) in [4.78, 5) is 29.8. The number of guanidine groups is 1. The van der Waals surface area contributed by atoms with Crippen LogP contribution in [0, 0.1) is 0 Å². The van der Waals surface area contributed by atoms with E-state index >= 15 is 0 Å². The molecule has 1 saturated heterocycles. The minimum absolute atomic E-state index is 0.152. The molecule has 8 heteroatoms. The summed E-state index contributed by atoms with van der Waals surface area (Å²) >= 11 is 5.88. The topological polar surface area (TPSA) is 85.8 Å². The highest BCUT2D eigenvalue weighted by Crippen LogP contribution is 2.20. The van der Waals surface area contributed by atoms with Gasteiger partial charge in [-0.15, -0.1) is 0 Å². The second kappa shape index (κ2) is 9.60. The van der Waals surface area contributed by atoms with Gasteiger partial charge in [-0.05, 0) is 43.9 Å². The molecule has 1 aliphatic rings. The predicted molar refractivity (Wildman–Crippen MR) is 108 cm³/mol. The van der Waals surface area contributed by atoms with Gasteiger partial charge in [0, 0.05) is 31.7 Å². The maximum absolute atomic E-state index is 12.3. The third kappa shape index (κ3) is 5.60. The highest BCUT2D eigenvalue weighted by Gasteiger charge is 2.45. The molecule has 1 aromatic carbocycles. The number of nitrogens with zero attached hydrogens (tertiary/aromatic N) is 2. The average molecular weight is 394 g/mol. The van der Waals surface area contributed by atoms with Crippen LogP contribution < -0.4 is 16.0 Å². The molecule has 27 heavy (non-hydrogen) atoms. The van der Waals surface area contributed by atoms with Gasteiger partial charge < -0.3 is 16.0 Å². The van der Waals surface area contributed by atoms with Crippen LogP contribution in [-0.4, -0.2) is 55.0 Å². The molecule has 148 valence electrons. The number of halogens is 1. The molecule has 0 aliphatic carbocycles. The number of benzene rings is 1. The first kappa shape index (κ1) is 21.0. The molecule has 0 aromatic heterocycles. The van der Waals surface area contributed by atoms with Crippen molar-refractivity contribution in [1.29, 1.82) is 0 Å². The first-order valence-corrected chi connectivity index (χ1v) is 9.60. The Morgan fingerprint density at radius 3 is 2.48 bits per heavy atom.